The fourth-order valence-corrected chi connectivity index (χ4v) is 2.80. The monoisotopic (exact) mass is 327 g/mol. The molecule has 1 aromatic carbocycles. The van der Waals surface area contributed by atoms with Gasteiger partial charge in [0, 0.05) is 18.7 Å². The second-order valence-electron chi connectivity index (χ2n) is 4.94. The van der Waals surface area contributed by atoms with Crippen molar-refractivity contribution < 1.29 is 18.0 Å². The van der Waals surface area contributed by atoms with Crippen LogP contribution < -0.4 is 0 Å². The third-order valence-corrected chi connectivity index (χ3v) is 3.90. The van der Waals surface area contributed by atoms with Crippen LogP contribution in [0.1, 0.15) is 34.8 Å². The van der Waals surface area contributed by atoms with Crippen molar-refractivity contribution >= 4 is 17.2 Å². The molecule has 1 amide bonds. The van der Waals surface area contributed by atoms with Gasteiger partial charge in [-0.15, -0.1) is 0 Å². The first-order valence-electron chi connectivity index (χ1n) is 6.89. The van der Waals surface area contributed by atoms with E-state index < -0.39 is 11.7 Å². The molecule has 0 aliphatic heterocycles. The van der Waals surface area contributed by atoms with Crippen LogP contribution in [0.3, 0.4) is 0 Å². The number of carbonyl (C=O) groups excluding carboxylic acids is 1. The molecule has 0 spiro atoms. The second kappa shape index (κ2) is 6.96. The van der Waals surface area contributed by atoms with Crippen LogP contribution in [0.15, 0.2) is 41.1 Å². The van der Waals surface area contributed by atoms with Crippen LogP contribution in [0, 0.1) is 0 Å². The summed E-state index contributed by atoms with van der Waals surface area (Å²) in [5, 5.41) is 3.84. The lowest BCUT2D eigenvalue weighted by molar-refractivity contribution is -0.137. The molecule has 0 saturated carbocycles. The third-order valence-electron chi connectivity index (χ3n) is 3.17. The molecule has 0 N–H and O–H groups in total. The number of benzene rings is 1. The molecular formula is C16H16F3NOS. The number of thiophene rings is 1. The summed E-state index contributed by atoms with van der Waals surface area (Å²) in [4.78, 5) is 14.1. The van der Waals surface area contributed by atoms with Crippen molar-refractivity contribution in [3.05, 3.63) is 57.8 Å². The van der Waals surface area contributed by atoms with E-state index in [1.807, 2.05) is 23.8 Å². The number of hydrogen-bond donors (Lipinski definition) is 0. The highest BCUT2D eigenvalue weighted by atomic mass is 32.1. The largest absolute Gasteiger partial charge is 0.416 e. The summed E-state index contributed by atoms with van der Waals surface area (Å²) in [7, 11) is 0. The Labute approximate surface area is 131 Å². The maximum atomic E-state index is 12.8. The van der Waals surface area contributed by atoms with Gasteiger partial charge in [0.05, 0.1) is 5.56 Å². The van der Waals surface area contributed by atoms with Gasteiger partial charge in [-0.05, 0) is 47.0 Å². The second-order valence-corrected chi connectivity index (χ2v) is 5.72. The van der Waals surface area contributed by atoms with Gasteiger partial charge in [-0.25, -0.2) is 0 Å². The molecule has 0 aliphatic rings. The number of hydrogen-bond acceptors (Lipinski definition) is 2. The van der Waals surface area contributed by atoms with Crippen molar-refractivity contribution in [2.24, 2.45) is 0 Å². The molecule has 0 unspecified atom stereocenters. The lowest BCUT2D eigenvalue weighted by atomic mass is 10.1. The van der Waals surface area contributed by atoms with Crippen LogP contribution in [-0.2, 0) is 12.7 Å². The smallest absolute Gasteiger partial charge is 0.334 e. The van der Waals surface area contributed by atoms with E-state index in [-0.39, 0.29) is 11.5 Å². The predicted octanol–water partition coefficient (Wildman–Crippen LogP) is 4.82. The zero-order valence-electron chi connectivity index (χ0n) is 12.1. The van der Waals surface area contributed by atoms with E-state index in [9.17, 15) is 18.0 Å². The zero-order chi connectivity index (χ0) is 16.2. The van der Waals surface area contributed by atoms with E-state index in [4.69, 9.17) is 0 Å². The molecule has 2 rings (SSSR count). The van der Waals surface area contributed by atoms with Gasteiger partial charge in [-0.2, -0.15) is 24.5 Å². The molecule has 0 bridgehead atoms. The van der Waals surface area contributed by atoms with Gasteiger partial charge in [-0.1, -0.05) is 13.0 Å². The first-order chi connectivity index (χ1) is 10.4. The van der Waals surface area contributed by atoms with Gasteiger partial charge in [0.2, 0.25) is 0 Å². The van der Waals surface area contributed by atoms with Crippen LogP contribution in [0.25, 0.3) is 0 Å². The zero-order valence-corrected chi connectivity index (χ0v) is 12.9. The average molecular weight is 327 g/mol. The summed E-state index contributed by atoms with van der Waals surface area (Å²) < 4.78 is 38.3. The SMILES string of the molecule is CCCN(Cc1ccsc1)C(=O)c1cccc(C(F)(F)F)c1. The van der Waals surface area contributed by atoms with Crippen LogP contribution >= 0.6 is 11.3 Å². The summed E-state index contributed by atoms with van der Waals surface area (Å²) in [5.74, 6) is -0.376. The van der Waals surface area contributed by atoms with Crippen molar-refractivity contribution in [3.63, 3.8) is 0 Å². The van der Waals surface area contributed by atoms with E-state index in [0.29, 0.717) is 13.1 Å². The van der Waals surface area contributed by atoms with Gasteiger partial charge in [-0.3, -0.25) is 4.79 Å². The first-order valence-corrected chi connectivity index (χ1v) is 7.83. The Kier molecular flexibility index (Phi) is 5.24. The minimum absolute atomic E-state index is 0.0681. The molecule has 0 aliphatic carbocycles. The van der Waals surface area contributed by atoms with Gasteiger partial charge < -0.3 is 4.90 Å². The Balaban J connectivity index is 2.23. The Morgan fingerprint density at radius 3 is 2.64 bits per heavy atom. The molecule has 2 nitrogen and oxygen atoms in total. The molecular weight excluding hydrogens is 311 g/mol. The molecule has 6 heteroatoms. The predicted molar refractivity (Wildman–Crippen MR) is 80.8 cm³/mol. The van der Waals surface area contributed by atoms with Crippen LogP contribution in [0.4, 0.5) is 13.2 Å². The fraction of sp³-hybridized carbons (Fsp3) is 0.312. The average Bonchev–Trinajstić information content (AvgIpc) is 2.98. The fourth-order valence-electron chi connectivity index (χ4n) is 2.14. The number of halogens is 3. The first kappa shape index (κ1) is 16.5. The van der Waals surface area contributed by atoms with E-state index in [1.165, 1.54) is 23.5 Å². The summed E-state index contributed by atoms with van der Waals surface area (Å²) in [5.41, 5.74) is 0.252. The maximum absolute atomic E-state index is 12.8. The molecule has 0 fully saturated rings. The van der Waals surface area contributed by atoms with Crippen LogP contribution in [0.5, 0.6) is 0 Å². The molecule has 0 saturated heterocycles. The standard InChI is InChI=1S/C16H16F3NOS/c1-2-7-20(10-12-6-8-22-11-12)15(21)13-4-3-5-14(9-13)16(17,18)19/h3-6,8-9,11H,2,7,10H2,1H3. The molecule has 22 heavy (non-hydrogen) atoms. The maximum Gasteiger partial charge on any atom is 0.416 e. The van der Waals surface area contributed by atoms with E-state index in [1.54, 1.807) is 4.90 Å². The van der Waals surface area contributed by atoms with Gasteiger partial charge in [0.15, 0.2) is 0 Å². The normalized spacial score (nSPS) is 11.5. The summed E-state index contributed by atoms with van der Waals surface area (Å²) in [6, 6.07) is 6.49. The summed E-state index contributed by atoms with van der Waals surface area (Å²) in [6.07, 6.45) is -3.70. The Bertz CT molecular complexity index is 623. The number of amides is 1. The Morgan fingerprint density at radius 2 is 2.05 bits per heavy atom. The highest BCUT2D eigenvalue weighted by Crippen LogP contribution is 2.29. The van der Waals surface area contributed by atoms with Gasteiger partial charge in [0.25, 0.3) is 5.91 Å². The van der Waals surface area contributed by atoms with Crippen LogP contribution in [-0.4, -0.2) is 17.4 Å². The number of nitrogens with zero attached hydrogens (tertiary/aromatic N) is 1. The van der Waals surface area contributed by atoms with Crippen molar-refractivity contribution in [3.8, 4) is 0 Å². The lowest BCUT2D eigenvalue weighted by Crippen LogP contribution is -2.31. The lowest BCUT2D eigenvalue weighted by Gasteiger charge is -2.22. The Hall–Kier alpha value is -1.82. The van der Waals surface area contributed by atoms with Crippen molar-refractivity contribution in [2.45, 2.75) is 26.1 Å². The quantitative estimate of drug-likeness (QED) is 0.771. The summed E-state index contributed by atoms with van der Waals surface area (Å²) >= 11 is 1.53. The highest BCUT2D eigenvalue weighted by Gasteiger charge is 2.31. The Morgan fingerprint density at radius 1 is 1.27 bits per heavy atom. The van der Waals surface area contributed by atoms with Crippen molar-refractivity contribution in [1.29, 1.82) is 0 Å². The number of rotatable bonds is 5. The number of carbonyl (C=O) groups is 1. The van der Waals surface area contributed by atoms with Crippen molar-refractivity contribution in [2.75, 3.05) is 6.54 Å². The van der Waals surface area contributed by atoms with Gasteiger partial charge in [0.1, 0.15) is 0 Å². The van der Waals surface area contributed by atoms with E-state index >= 15 is 0 Å². The molecule has 0 atom stereocenters. The van der Waals surface area contributed by atoms with Crippen LogP contribution in [0.2, 0.25) is 0 Å². The van der Waals surface area contributed by atoms with Crippen molar-refractivity contribution in [1.82, 2.24) is 4.90 Å². The molecule has 1 heterocycles. The topological polar surface area (TPSA) is 20.3 Å². The minimum atomic E-state index is -4.45. The molecule has 118 valence electrons. The van der Waals surface area contributed by atoms with E-state index in [2.05, 4.69) is 0 Å². The molecule has 2 aromatic rings. The number of alkyl halides is 3. The highest BCUT2D eigenvalue weighted by molar-refractivity contribution is 7.07. The van der Waals surface area contributed by atoms with E-state index in [0.717, 1.165) is 24.1 Å². The third kappa shape index (κ3) is 4.10. The molecule has 1 aromatic heterocycles. The van der Waals surface area contributed by atoms with Gasteiger partial charge >= 0.3 is 6.18 Å². The minimum Gasteiger partial charge on any atom is -0.334 e. The molecule has 0 radical (unpaired) electrons. The summed E-state index contributed by atoms with van der Waals surface area (Å²) in [6.45, 7) is 2.84.